The van der Waals surface area contributed by atoms with Crippen molar-refractivity contribution < 1.29 is 19.0 Å². The fraction of sp³-hybridized carbons (Fsp3) is 0.250. The van der Waals surface area contributed by atoms with Gasteiger partial charge in [-0.3, -0.25) is 4.79 Å². The first-order chi connectivity index (χ1) is 12.2. The van der Waals surface area contributed by atoms with Gasteiger partial charge in [0.25, 0.3) is 0 Å². The van der Waals surface area contributed by atoms with Crippen LogP contribution >= 0.6 is 0 Å². The van der Waals surface area contributed by atoms with Crippen LogP contribution in [0.2, 0.25) is 0 Å². The number of methoxy groups -OCH3 is 2. The Balaban J connectivity index is 1.74. The number of rotatable bonds is 9. The Bertz CT molecular complexity index is 678. The van der Waals surface area contributed by atoms with Gasteiger partial charge in [-0.2, -0.15) is 0 Å². The standard InChI is InChI=1S/C20H23NO4/c1-23-15-25-19-10-5-16(6-11-19)7-12-20(22)21-14-13-17-3-8-18(24-2)9-4-17/h3-12H,13-15H2,1-2H3,(H,21,22)/b12-7+. The molecule has 0 spiro atoms. The Morgan fingerprint density at radius 3 is 2.32 bits per heavy atom. The van der Waals surface area contributed by atoms with Gasteiger partial charge in [0.1, 0.15) is 11.5 Å². The van der Waals surface area contributed by atoms with Crippen molar-refractivity contribution in [1.82, 2.24) is 5.32 Å². The summed E-state index contributed by atoms with van der Waals surface area (Å²) in [6.07, 6.45) is 4.07. The van der Waals surface area contributed by atoms with Crippen molar-refractivity contribution in [2.75, 3.05) is 27.6 Å². The molecule has 25 heavy (non-hydrogen) atoms. The highest BCUT2D eigenvalue weighted by Crippen LogP contribution is 2.13. The molecule has 0 saturated carbocycles. The predicted molar refractivity (Wildman–Crippen MR) is 97.7 cm³/mol. The summed E-state index contributed by atoms with van der Waals surface area (Å²) in [5.41, 5.74) is 2.08. The van der Waals surface area contributed by atoms with Crippen molar-refractivity contribution in [3.05, 3.63) is 65.7 Å². The second kappa shape index (κ2) is 10.2. The van der Waals surface area contributed by atoms with Crippen molar-refractivity contribution >= 4 is 12.0 Å². The van der Waals surface area contributed by atoms with Gasteiger partial charge >= 0.3 is 0 Å². The molecule has 1 amide bonds. The first kappa shape index (κ1) is 18.5. The van der Waals surface area contributed by atoms with Crippen LogP contribution in [-0.4, -0.2) is 33.5 Å². The van der Waals surface area contributed by atoms with E-state index >= 15 is 0 Å². The highest BCUT2D eigenvalue weighted by molar-refractivity contribution is 5.91. The summed E-state index contributed by atoms with van der Waals surface area (Å²) < 4.78 is 15.3. The lowest BCUT2D eigenvalue weighted by Gasteiger charge is -2.05. The number of benzene rings is 2. The number of nitrogens with one attached hydrogen (secondary N) is 1. The van der Waals surface area contributed by atoms with Gasteiger partial charge in [-0.25, -0.2) is 0 Å². The van der Waals surface area contributed by atoms with Crippen molar-refractivity contribution in [2.45, 2.75) is 6.42 Å². The van der Waals surface area contributed by atoms with E-state index in [9.17, 15) is 4.79 Å². The Labute approximate surface area is 148 Å². The normalized spacial score (nSPS) is 10.6. The average molecular weight is 341 g/mol. The molecule has 0 fully saturated rings. The van der Waals surface area contributed by atoms with Crippen LogP contribution in [0.25, 0.3) is 6.08 Å². The molecule has 1 N–H and O–H groups in total. The number of carbonyl (C=O) groups is 1. The summed E-state index contributed by atoms with van der Waals surface area (Å²) in [5, 5.41) is 2.87. The van der Waals surface area contributed by atoms with E-state index in [0.717, 1.165) is 29.0 Å². The van der Waals surface area contributed by atoms with Crippen LogP contribution in [0, 0.1) is 0 Å². The molecule has 132 valence electrons. The van der Waals surface area contributed by atoms with Crippen molar-refractivity contribution in [1.29, 1.82) is 0 Å². The molecule has 0 unspecified atom stereocenters. The van der Waals surface area contributed by atoms with E-state index in [-0.39, 0.29) is 12.7 Å². The Morgan fingerprint density at radius 2 is 1.68 bits per heavy atom. The van der Waals surface area contributed by atoms with Crippen molar-refractivity contribution in [3.63, 3.8) is 0 Å². The molecular weight excluding hydrogens is 318 g/mol. The minimum atomic E-state index is -0.117. The van der Waals surface area contributed by atoms with Crippen LogP contribution < -0.4 is 14.8 Å². The number of hydrogen-bond donors (Lipinski definition) is 1. The highest BCUT2D eigenvalue weighted by atomic mass is 16.7. The third-order valence-corrected chi connectivity index (χ3v) is 3.52. The quantitative estimate of drug-likeness (QED) is 0.563. The largest absolute Gasteiger partial charge is 0.497 e. The van der Waals surface area contributed by atoms with Gasteiger partial charge in [-0.05, 0) is 47.9 Å². The minimum Gasteiger partial charge on any atom is -0.497 e. The van der Waals surface area contributed by atoms with Crippen LogP contribution in [0.1, 0.15) is 11.1 Å². The topological polar surface area (TPSA) is 56.8 Å². The predicted octanol–water partition coefficient (Wildman–Crippen LogP) is 3.05. The third-order valence-electron chi connectivity index (χ3n) is 3.52. The van der Waals surface area contributed by atoms with Gasteiger partial charge in [0, 0.05) is 19.7 Å². The second-order valence-electron chi connectivity index (χ2n) is 5.34. The molecule has 2 rings (SSSR count). The number of amides is 1. The first-order valence-corrected chi connectivity index (χ1v) is 8.02. The zero-order chi connectivity index (χ0) is 17.9. The van der Waals surface area contributed by atoms with Crippen molar-refractivity contribution in [2.24, 2.45) is 0 Å². The molecule has 2 aromatic carbocycles. The van der Waals surface area contributed by atoms with E-state index in [0.29, 0.717) is 6.54 Å². The Morgan fingerprint density at radius 1 is 1.00 bits per heavy atom. The maximum atomic E-state index is 11.9. The average Bonchev–Trinajstić information content (AvgIpc) is 2.66. The van der Waals surface area contributed by atoms with Gasteiger partial charge in [0.2, 0.25) is 5.91 Å². The second-order valence-corrected chi connectivity index (χ2v) is 5.34. The van der Waals surface area contributed by atoms with Crippen LogP contribution in [0.3, 0.4) is 0 Å². The highest BCUT2D eigenvalue weighted by Gasteiger charge is 1.98. The minimum absolute atomic E-state index is 0.117. The first-order valence-electron chi connectivity index (χ1n) is 8.02. The Hall–Kier alpha value is -2.79. The number of hydrogen-bond acceptors (Lipinski definition) is 4. The van der Waals surface area contributed by atoms with Crippen LogP contribution in [-0.2, 0) is 16.0 Å². The fourth-order valence-electron chi connectivity index (χ4n) is 2.16. The zero-order valence-electron chi connectivity index (χ0n) is 14.5. The molecule has 0 aliphatic carbocycles. The summed E-state index contributed by atoms with van der Waals surface area (Å²) in [6, 6.07) is 15.2. The third kappa shape index (κ3) is 6.69. The number of ether oxygens (including phenoxy) is 3. The fourth-order valence-corrected chi connectivity index (χ4v) is 2.16. The van der Waals surface area contributed by atoms with E-state index in [1.807, 2.05) is 48.5 Å². The molecule has 0 aliphatic rings. The molecule has 5 nitrogen and oxygen atoms in total. The molecule has 0 saturated heterocycles. The molecule has 0 aliphatic heterocycles. The van der Waals surface area contributed by atoms with E-state index < -0.39 is 0 Å². The van der Waals surface area contributed by atoms with Gasteiger partial charge in [-0.15, -0.1) is 0 Å². The lowest BCUT2D eigenvalue weighted by molar-refractivity contribution is -0.116. The zero-order valence-corrected chi connectivity index (χ0v) is 14.5. The Kier molecular flexibility index (Phi) is 7.53. The van der Waals surface area contributed by atoms with Gasteiger partial charge < -0.3 is 19.5 Å². The van der Waals surface area contributed by atoms with Crippen molar-refractivity contribution in [3.8, 4) is 11.5 Å². The van der Waals surface area contributed by atoms with Crippen LogP contribution in [0.5, 0.6) is 11.5 Å². The van der Waals surface area contributed by atoms with Gasteiger partial charge in [0.05, 0.1) is 7.11 Å². The summed E-state index contributed by atoms with van der Waals surface area (Å²) >= 11 is 0. The lowest BCUT2D eigenvalue weighted by atomic mass is 10.1. The molecule has 2 aromatic rings. The SMILES string of the molecule is COCOc1ccc(/C=C/C(=O)NCCc2ccc(OC)cc2)cc1. The molecule has 0 bridgehead atoms. The molecule has 0 aromatic heterocycles. The summed E-state index contributed by atoms with van der Waals surface area (Å²) in [6.45, 7) is 0.797. The van der Waals surface area contributed by atoms with E-state index in [4.69, 9.17) is 14.2 Å². The molecule has 0 heterocycles. The van der Waals surface area contributed by atoms with E-state index in [1.54, 1.807) is 20.3 Å². The molecule has 0 atom stereocenters. The van der Waals surface area contributed by atoms with Crippen LogP contribution in [0.15, 0.2) is 54.6 Å². The summed E-state index contributed by atoms with van der Waals surface area (Å²) in [5.74, 6) is 1.44. The number of carbonyl (C=O) groups excluding carboxylic acids is 1. The molecule has 0 radical (unpaired) electrons. The maximum Gasteiger partial charge on any atom is 0.244 e. The summed E-state index contributed by atoms with van der Waals surface area (Å²) in [4.78, 5) is 11.9. The van der Waals surface area contributed by atoms with Gasteiger partial charge in [0.15, 0.2) is 6.79 Å². The molecular formula is C20H23NO4. The maximum absolute atomic E-state index is 11.9. The van der Waals surface area contributed by atoms with E-state index in [2.05, 4.69) is 5.32 Å². The molecule has 5 heteroatoms. The van der Waals surface area contributed by atoms with Gasteiger partial charge in [-0.1, -0.05) is 24.3 Å². The smallest absolute Gasteiger partial charge is 0.244 e. The summed E-state index contributed by atoms with van der Waals surface area (Å²) in [7, 11) is 3.21. The van der Waals surface area contributed by atoms with E-state index in [1.165, 1.54) is 6.08 Å². The monoisotopic (exact) mass is 341 g/mol. The lowest BCUT2D eigenvalue weighted by Crippen LogP contribution is -2.23. The van der Waals surface area contributed by atoms with Crippen LogP contribution in [0.4, 0.5) is 0 Å².